The van der Waals surface area contributed by atoms with Crippen LogP contribution in [-0.4, -0.2) is 23.2 Å². The lowest BCUT2D eigenvalue weighted by Gasteiger charge is -2.06. The van der Waals surface area contributed by atoms with Crippen LogP contribution in [0.15, 0.2) is 48.7 Å². The predicted molar refractivity (Wildman–Crippen MR) is 72.7 cm³/mol. The van der Waals surface area contributed by atoms with Gasteiger partial charge in [0.15, 0.2) is 0 Å². The lowest BCUT2D eigenvalue weighted by atomic mass is 10.1. The van der Waals surface area contributed by atoms with Gasteiger partial charge < -0.3 is 9.84 Å². The first-order chi connectivity index (χ1) is 9.22. The van der Waals surface area contributed by atoms with Crippen molar-refractivity contribution in [2.45, 2.75) is 0 Å². The van der Waals surface area contributed by atoms with E-state index in [4.69, 9.17) is 4.74 Å². The van der Waals surface area contributed by atoms with Crippen LogP contribution in [0, 0.1) is 0 Å². The average molecular weight is 255 g/mol. The van der Waals surface area contributed by atoms with Gasteiger partial charge in [0.2, 0.25) is 0 Å². The number of nitrogens with zero attached hydrogens (tertiary/aromatic N) is 1. The van der Waals surface area contributed by atoms with Gasteiger partial charge in [0, 0.05) is 11.8 Å². The smallest absolute Gasteiger partial charge is 0.337 e. The molecule has 0 radical (unpaired) electrons. The molecule has 1 aromatic carbocycles. The van der Waals surface area contributed by atoms with E-state index < -0.39 is 5.97 Å². The van der Waals surface area contributed by atoms with Crippen molar-refractivity contribution in [2.24, 2.45) is 0 Å². The van der Waals surface area contributed by atoms with Gasteiger partial charge >= 0.3 is 5.97 Å². The Bertz CT molecular complexity index is 606. The van der Waals surface area contributed by atoms with Crippen molar-refractivity contribution in [1.82, 2.24) is 4.98 Å². The number of rotatable bonds is 4. The summed E-state index contributed by atoms with van der Waals surface area (Å²) >= 11 is 0. The number of hydrogen-bond donors (Lipinski definition) is 1. The summed E-state index contributed by atoms with van der Waals surface area (Å²) in [4.78, 5) is 15.4. The maximum atomic E-state index is 11.4. The second kappa shape index (κ2) is 5.82. The number of hydrogen-bond acceptors (Lipinski definition) is 3. The SMILES string of the molecule is COc1ccccc1/C=C(/C(=O)O)c1ccccn1. The molecule has 2 aromatic rings. The summed E-state index contributed by atoms with van der Waals surface area (Å²) in [6.07, 6.45) is 3.12. The zero-order valence-electron chi connectivity index (χ0n) is 10.4. The van der Waals surface area contributed by atoms with E-state index in [0.717, 1.165) is 0 Å². The van der Waals surface area contributed by atoms with Crippen LogP contribution >= 0.6 is 0 Å². The Morgan fingerprint density at radius 2 is 1.95 bits per heavy atom. The lowest BCUT2D eigenvalue weighted by Crippen LogP contribution is -2.01. The molecule has 0 aliphatic carbocycles. The standard InChI is InChI=1S/C15H13NO3/c1-19-14-8-3-2-6-11(14)10-12(15(17)18)13-7-4-5-9-16-13/h2-10H,1H3,(H,17,18)/b12-10+. The molecule has 0 amide bonds. The van der Waals surface area contributed by atoms with E-state index in [0.29, 0.717) is 17.0 Å². The van der Waals surface area contributed by atoms with Crippen LogP contribution in [0.5, 0.6) is 5.75 Å². The molecule has 0 aliphatic rings. The van der Waals surface area contributed by atoms with Crippen LogP contribution in [0.2, 0.25) is 0 Å². The molecule has 0 bridgehead atoms. The molecule has 1 aromatic heterocycles. The van der Waals surface area contributed by atoms with Gasteiger partial charge in [0.25, 0.3) is 0 Å². The maximum Gasteiger partial charge on any atom is 0.337 e. The third kappa shape index (κ3) is 2.98. The molecule has 0 fully saturated rings. The summed E-state index contributed by atoms with van der Waals surface area (Å²) in [6.45, 7) is 0. The van der Waals surface area contributed by atoms with E-state index in [-0.39, 0.29) is 5.57 Å². The molecule has 1 heterocycles. The van der Waals surface area contributed by atoms with Crippen LogP contribution < -0.4 is 4.74 Å². The molecule has 1 N–H and O–H groups in total. The number of ether oxygens (including phenoxy) is 1. The minimum Gasteiger partial charge on any atom is -0.496 e. The quantitative estimate of drug-likeness (QED) is 0.853. The summed E-state index contributed by atoms with van der Waals surface area (Å²) < 4.78 is 5.20. The van der Waals surface area contributed by atoms with E-state index in [1.165, 1.54) is 0 Å². The highest BCUT2D eigenvalue weighted by molar-refractivity contribution is 6.20. The molecule has 2 rings (SSSR count). The number of carbonyl (C=O) groups is 1. The van der Waals surface area contributed by atoms with Crippen molar-refractivity contribution in [3.63, 3.8) is 0 Å². The van der Waals surface area contributed by atoms with Gasteiger partial charge in [-0.3, -0.25) is 4.98 Å². The monoisotopic (exact) mass is 255 g/mol. The van der Waals surface area contributed by atoms with Gasteiger partial charge in [-0.2, -0.15) is 0 Å². The molecule has 19 heavy (non-hydrogen) atoms. The molecular weight excluding hydrogens is 242 g/mol. The summed E-state index contributed by atoms with van der Waals surface area (Å²) in [6, 6.07) is 12.4. The molecule has 0 atom stereocenters. The third-order valence-electron chi connectivity index (χ3n) is 2.61. The van der Waals surface area contributed by atoms with E-state index in [1.54, 1.807) is 49.7 Å². The van der Waals surface area contributed by atoms with Crippen molar-refractivity contribution < 1.29 is 14.6 Å². The Balaban J connectivity index is 2.51. The van der Waals surface area contributed by atoms with Crippen molar-refractivity contribution in [3.05, 3.63) is 59.9 Å². The topological polar surface area (TPSA) is 59.4 Å². The molecule has 96 valence electrons. The number of para-hydroxylation sites is 1. The molecule has 4 nitrogen and oxygen atoms in total. The van der Waals surface area contributed by atoms with E-state index >= 15 is 0 Å². The fourth-order valence-corrected chi connectivity index (χ4v) is 1.71. The summed E-state index contributed by atoms with van der Waals surface area (Å²) in [5.41, 5.74) is 1.25. The lowest BCUT2D eigenvalue weighted by molar-refractivity contribution is -0.130. The van der Waals surface area contributed by atoms with Crippen LogP contribution in [0.3, 0.4) is 0 Å². The highest BCUT2D eigenvalue weighted by Gasteiger charge is 2.12. The number of methoxy groups -OCH3 is 1. The predicted octanol–water partition coefficient (Wildman–Crippen LogP) is 2.72. The first kappa shape index (κ1) is 12.8. The van der Waals surface area contributed by atoms with Gasteiger partial charge in [-0.05, 0) is 24.3 Å². The summed E-state index contributed by atoms with van der Waals surface area (Å²) in [7, 11) is 1.55. The maximum absolute atomic E-state index is 11.4. The van der Waals surface area contributed by atoms with Gasteiger partial charge in [-0.1, -0.05) is 24.3 Å². The zero-order chi connectivity index (χ0) is 13.7. The number of pyridine rings is 1. The highest BCUT2D eigenvalue weighted by atomic mass is 16.5. The van der Waals surface area contributed by atoms with Crippen molar-refractivity contribution in [3.8, 4) is 5.75 Å². The van der Waals surface area contributed by atoms with Gasteiger partial charge in [-0.15, -0.1) is 0 Å². The number of carboxylic acids is 1. The third-order valence-corrected chi connectivity index (χ3v) is 2.61. The molecule has 0 saturated heterocycles. The molecular formula is C15H13NO3. The summed E-state index contributed by atoms with van der Waals surface area (Å²) in [5, 5.41) is 9.30. The van der Waals surface area contributed by atoms with Crippen LogP contribution in [-0.2, 0) is 4.79 Å². The first-order valence-corrected chi connectivity index (χ1v) is 5.72. The Morgan fingerprint density at radius 1 is 1.21 bits per heavy atom. The number of benzene rings is 1. The Morgan fingerprint density at radius 3 is 2.58 bits per heavy atom. The fourth-order valence-electron chi connectivity index (χ4n) is 1.71. The van der Waals surface area contributed by atoms with Gasteiger partial charge in [-0.25, -0.2) is 4.79 Å². The van der Waals surface area contributed by atoms with E-state index in [9.17, 15) is 9.90 Å². The zero-order valence-corrected chi connectivity index (χ0v) is 10.4. The Hall–Kier alpha value is -2.62. The van der Waals surface area contributed by atoms with Crippen LogP contribution in [0.4, 0.5) is 0 Å². The number of aromatic nitrogens is 1. The van der Waals surface area contributed by atoms with E-state index in [2.05, 4.69) is 4.98 Å². The highest BCUT2D eigenvalue weighted by Crippen LogP contribution is 2.23. The van der Waals surface area contributed by atoms with Crippen molar-refractivity contribution in [2.75, 3.05) is 7.11 Å². The number of carboxylic acid groups (broad SMARTS) is 1. The average Bonchev–Trinajstić information content (AvgIpc) is 2.45. The van der Waals surface area contributed by atoms with Gasteiger partial charge in [0.1, 0.15) is 5.75 Å². The Kier molecular flexibility index (Phi) is 3.93. The van der Waals surface area contributed by atoms with E-state index in [1.807, 2.05) is 12.1 Å². The number of aliphatic carboxylic acids is 1. The molecule has 0 spiro atoms. The largest absolute Gasteiger partial charge is 0.496 e. The molecule has 0 unspecified atom stereocenters. The Labute approximate surface area is 111 Å². The first-order valence-electron chi connectivity index (χ1n) is 5.72. The second-order valence-electron chi connectivity index (χ2n) is 3.82. The summed E-state index contributed by atoms with van der Waals surface area (Å²) in [5.74, 6) is -0.401. The minimum absolute atomic E-state index is 0.130. The second-order valence-corrected chi connectivity index (χ2v) is 3.82. The van der Waals surface area contributed by atoms with Crippen LogP contribution in [0.1, 0.15) is 11.3 Å². The fraction of sp³-hybridized carbons (Fsp3) is 0.0667. The normalized spacial score (nSPS) is 11.1. The van der Waals surface area contributed by atoms with Crippen molar-refractivity contribution >= 4 is 17.6 Å². The van der Waals surface area contributed by atoms with Crippen LogP contribution in [0.25, 0.3) is 11.6 Å². The molecule has 4 heteroatoms. The molecule has 0 saturated carbocycles. The van der Waals surface area contributed by atoms with Gasteiger partial charge in [0.05, 0.1) is 18.4 Å². The van der Waals surface area contributed by atoms with Crippen molar-refractivity contribution in [1.29, 1.82) is 0 Å². The molecule has 0 aliphatic heterocycles. The minimum atomic E-state index is -1.02.